The van der Waals surface area contributed by atoms with Crippen LogP contribution in [0.25, 0.3) is 0 Å². The third-order valence-electron chi connectivity index (χ3n) is 4.62. The summed E-state index contributed by atoms with van der Waals surface area (Å²) in [4.78, 5) is 25.5. The number of furan rings is 1. The number of amides is 1. The van der Waals surface area contributed by atoms with E-state index in [0.29, 0.717) is 17.2 Å². The van der Waals surface area contributed by atoms with Gasteiger partial charge in [0.15, 0.2) is 5.76 Å². The molecular formula is C19H22ClNO4. The van der Waals surface area contributed by atoms with Crippen LogP contribution in [0.3, 0.4) is 0 Å². The first-order valence-corrected chi connectivity index (χ1v) is 8.52. The molecule has 6 heteroatoms. The molecule has 0 aliphatic heterocycles. The van der Waals surface area contributed by atoms with Crippen LogP contribution in [0.2, 0.25) is 5.02 Å². The van der Waals surface area contributed by atoms with E-state index in [1.807, 2.05) is 38.1 Å². The minimum Gasteiger partial charge on any atom is -0.478 e. The molecule has 2 rings (SSSR count). The Bertz CT molecular complexity index is 766. The van der Waals surface area contributed by atoms with E-state index in [9.17, 15) is 14.7 Å². The molecule has 0 saturated carbocycles. The summed E-state index contributed by atoms with van der Waals surface area (Å²) in [5, 5.41) is 9.87. The molecule has 0 radical (unpaired) electrons. The van der Waals surface area contributed by atoms with Gasteiger partial charge in [-0.3, -0.25) is 4.79 Å². The molecule has 1 heterocycles. The molecule has 2 atom stereocenters. The summed E-state index contributed by atoms with van der Waals surface area (Å²) in [6, 6.07) is 8.71. The molecule has 1 amide bonds. The van der Waals surface area contributed by atoms with Crippen LogP contribution in [0.1, 0.15) is 58.9 Å². The highest BCUT2D eigenvalue weighted by atomic mass is 35.5. The van der Waals surface area contributed by atoms with Crippen LogP contribution < -0.4 is 0 Å². The molecule has 0 fully saturated rings. The van der Waals surface area contributed by atoms with Crippen molar-refractivity contribution >= 4 is 23.5 Å². The van der Waals surface area contributed by atoms with Gasteiger partial charge in [-0.15, -0.1) is 0 Å². The summed E-state index contributed by atoms with van der Waals surface area (Å²) in [6.45, 7) is 5.76. The number of aromatic carboxylic acids is 1. The van der Waals surface area contributed by atoms with Crippen molar-refractivity contribution in [1.29, 1.82) is 0 Å². The number of halogens is 1. The molecule has 0 saturated heterocycles. The quantitative estimate of drug-likeness (QED) is 0.822. The highest BCUT2D eigenvalue weighted by Gasteiger charge is 2.27. The molecule has 1 aromatic heterocycles. The van der Waals surface area contributed by atoms with Crippen molar-refractivity contribution in [3.05, 3.63) is 58.0 Å². The van der Waals surface area contributed by atoms with Crippen molar-refractivity contribution < 1.29 is 19.1 Å². The maximum atomic E-state index is 12.7. The second-order valence-corrected chi connectivity index (χ2v) is 6.54. The summed E-state index contributed by atoms with van der Waals surface area (Å²) in [7, 11) is 1.69. The van der Waals surface area contributed by atoms with Crippen molar-refractivity contribution in [3.63, 3.8) is 0 Å². The van der Waals surface area contributed by atoms with E-state index in [1.54, 1.807) is 18.9 Å². The fourth-order valence-electron chi connectivity index (χ4n) is 2.72. The average Bonchev–Trinajstić information content (AvgIpc) is 3.04. The highest BCUT2D eigenvalue weighted by molar-refractivity contribution is 6.30. The number of carboxylic acids is 1. The molecule has 0 bridgehead atoms. The average molecular weight is 364 g/mol. The van der Waals surface area contributed by atoms with Crippen molar-refractivity contribution in [3.8, 4) is 0 Å². The Labute approximate surface area is 152 Å². The topological polar surface area (TPSA) is 70.8 Å². The summed E-state index contributed by atoms with van der Waals surface area (Å²) < 4.78 is 5.47. The normalized spacial score (nSPS) is 13.3. The van der Waals surface area contributed by atoms with Crippen LogP contribution in [0, 0.1) is 0 Å². The zero-order valence-electron chi connectivity index (χ0n) is 14.7. The van der Waals surface area contributed by atoms with Crippen LogP contribution in [0.5, 0.6) is 0 Å². The fraction of sp³-hybridized carbons (Fsp3) is 0.368. The number of hydrogen-bond donors (Lipinski definition) is 1. The fourth-order valence-corrected chi connectivity index (χ4v) is 2.84. The molecule has 1 aromatic carbocycles. The van der Waals surface area contributed by atoms with Gasteiger partial charge in [0.25, 0.3) is 5.91 Å². The van der Waals surface area contributed by atoms with Gasteiger partial charge in [-0.2, -0.15) is 0 Å². The van der Waals surface area contributed by atoms with Gasteiger partial charge in [0.05, 0.1) is 0 Å². The standard InChI is InChI=1S/C19H22ClNO4/c1-5-16-15(19(23)24)10-17(25-16)18(22)21(4)12(3)11(2)13-6-8-14(20)9-7-13/h6-12H,5H2,1-4H3,(H,23,24). The van der Waals surface area contributed by atoms with E-state index < -0.39 is 5.97 Å². The lowest BCUT2D eigenvalue weighted by molar-refractivity contribution is 0.0683. The molecule has 2 unspecified atom stereocenters. The van der Waals surface area contributed by atoms with Gasteiger partial charge in [-0.25, -0.2) is 4.79 Å². The van der Waals surface area contributed by atoms with E-state index in [4.69, 9.17) is 16.0 Å². The number of hydrogen-bond acceptors (Lipinski definition) is 3. The van der Waals surface area contributed by atoms with Gasteiger partial charge in [-0.05, 0) is 24.6 Å². The van der Waals surface area contributed by atoms with Crippen LogP contribution in [-0.4, -0.2) is 35.0 Å². The molecule has 2 aromatic rings. The predicted molar refractivity (Wildman–Crippen MR) is 96.5 cm³/mol. The first-order valence-electron chi connectivity index (χ1n) is 8.14. The number of carbonyl (C=O) groups excluding carboxylic acids is 1. The Morgan fingerprint density at radius 1 is 1.24 bits per heavy atom. The molecule has 25 heavy (non-hydrogen) atoms. The third kappa shape index (κ3) is 4.04. The summed E-state index contributed by atoms with van der Waals surface area (Å²) >= 11 is 5.92. The first-order chi connectivity index (χ1) is 11.8. The molecule has 0 spiro atoms. The maximum Gasteiger partial charge on any atom is 0.339 e. The van der Waals surface area contributed by atoms with Crippen LogP contribution in [0.4, 0.5) is 0 Å². The van der Waals surface area contributed by atoms with Gasteiger partial charge < -0.3 is 14.4 Å². The smallest absolute Gasteiger partial charge is 0.339 e. The van der Waals surface area contributed by atoms with Crippen LogP contribution >= 0.6 is 11.6 Å². The lowest BCUT2D eigenvalue weighted by atomic mass is 9.93. The lowest BCUT2D eigenvalue weighted by Gasteiger charge is -2.29. The Morgan fingerprint density at radius 2 is 1.84 bits per heavy atom. The predicted octanol–water partition coefficient (Wildman–Crippen LogP) is 4.46. The zero-order chi connectivity index (χ0) is 18.7. The largest absolute Gasteiger partial charge is 0.478 e. The van der Waals surface area contributed by atoms with Gasteiger partial charge in [0.1, 0.15) is 11.3 Å². The summed E-state index contributed by atoms with van der Waals surface area (Å²) in [5.41, 5.74) is 1.11. The maximum absolute atomic E-state index is 12.7. The van der Waals surface area contributed by atoms with Gasteiger partial charge >= 0.3 is 5.97 Å². The van der Waals surface area contributed by atoms with Crippen LogP contribution in [-0.2, 0) is 6.42 Å². The van der Waals surface area contributed by atoms with Gasteiger partial charge in [0, 0.05) is 36.5 Å². The summed E-state index contributed by atoms with van der Waals surface area (Å²) in [6.07, 6.45) is 0.412. The number of carboxylic acid groups (broad SMARTS) is 1. The SMILES string of the molecule is CCc1oc(C(=O)N(C)C(C)C(C)c2ccc(Cl)cc2)cc1C(=O)O. The summed E-state index contributed by atoms with van der Waals surface area (Å²) in [5.74, 6) is -0.999. The van der Waals surface area contributed by atoms with E-state index in [1.165, 1.54) is 6.07 Å². The molecule has 0 aliphatic carbocycles. The van der Waals surface area contributed by atoms with Gasteiger partial charge in [0.2, 0.25) is 0 Å². The number of likely N-dealkylation sites (N-methyl/N-ethyl adjacent to an activating group) is 1. The number of nitrogens with zero attached hydrogens (tertiary/aromatic N) is 1. The second-order valence-electron chi connectivity index (χ2n) is 6.10. The van der Waals surface area contributed by atoms with Crippen molar-refractivity contribution in [2.45, 2.75) is 39.2 Å². The monoisotopic (exact) mass is 363 g/mol. The molecule has 1 N–H and O–H groups in total. The number of aryl methyl sites for hydroxylation is 1. The number of benzene rings is 1. The number of carbonyl (C=O) groups is 2. The molecular weight excluding hydrogens is 342 g/mol. The second kappa shape index (κ2) is 7.74. The first kappa shape index (κ1) is 19.1. The number of rotatable bonds is 6. The molecule has 134 valence electrons. The molecule has 5 nitrogen and oxygen atoms in total. The van der Waals surface area contributed by atoms with Crippen molar-refractivity contribution in [2.75, 3.05) is 7.05 Å². The van der Waals surface area contributed by atoms with Crippen LogP contribution in [0.15, 0.2) is 34.7 Å². The Kier molecular flexibility index (Phi) is 5.90. The van der Waals surface area contributed by atoms with Crippen molar-refractivity contribution in [2.24, 2.45) is 0 Å². The third-order valence-corrected chi connectivity index (χ3v) is 4.87. The van der Waals surface area contributed by atoms with E-state index in [-0.39, 0.29) is 29.2 Å². The van der Waals surface area contributed by atoms with Crippen molar-refractivity contribution in [1.82, 2.24) is 4.90 Å². The Morgan fingerprint density at radius 3 is 2.32 bits per heavy atom. The minimum atomic E-state index is -1.09. The highest BCUT2D eigenvalue weighted by Crippen LogP contribution is 2.26. The van der Waals surface area contributed by atoms with E-state index in [2.05, 4.69) is 0 Å². The zero-order valence-corrected chi connectivity index (χ0v) is 15.5. The van der Waals surface area contributed by atoms with Gasteiger partial charge in [-0.1, -0.05) is 37.6 Å². The Hall–Kier alpha value is -2.27. The minimum absolute atomic E-state index is 0.0395. The molecule has 0 aliphatic rings. The lowest BCUT2D eigenvalue weighted by Crippen LogP contribution is -2.38. The Balaban J connectivity index is 2.21. The van der Waals surface area contributed by atoms with E-state index >= 15 is 0 Å². The van der Waals surface area contributed by atoms with E-state index in [0.717, 1.165) is 5.56 Å².